The van der Waals surface area contributed by atoms with Gasteiger partial charge in [0, 0.05) is 12.1 Å². The molecule has 0 spiro atoms. The van der Waals surface area contributed by atoms with Gasteiger partial charge in [0.1, 0.15) is 0 Å². The van der Waals surface area contributed by atoms with Crippen LogP contribution in [0.4, 0.5) is 0 Å². The molecule has 4 heteroatoms. The number of esters is 1. The number of carbonyl (C=O) groups excluding carboxylic acids is 1. The maximum Gasteiger partial charge on any atom is 0.307 e. The van der Waals surface area contributed by atoms with Crippen molar-refractivity contribution in [1.29, 1.82) is 0 Å². The number of rotatable bonds is 5. The maximum atomic E-state index is 11.3. The molecule has 0 aromatic heterocycles. The first-order valence-corrected chi connectivity index (χ1v) is 6.26. The van der Waals surface area contributed by atoms with Crippen molar-refractivity contribution in [2.75, 3.05) is 6.61 Å². The second kappa shape index (κ2) is 5.15. The predicted octanol–water partition coefficient (Wildman–Crippen LogP) is 1.24. The third-order valence-electron chi connectivity index (χ3n) is 3.38. The van der Waals surface area contributed by atoms with E-state index in [1.807, 2.05) is 13.8 Å². The van der Waals surface area contributed by atoms with E-state index >= 15 is 0 Å². The summed E-state index contributed by atoms with van der Waals surface area (Å²) in [4.78, 5) is 11.3. The molecule has 2 heterocycles. The second-order valence-electron chi connectivity index (χ2n) is 4.79. The van der Waals surface area contributed by atoms with Crippen LogP contribution in [0.5, 0.6) is 0 Å². The molecule has 2 aliphatic heterocycles. The molecular formula is C12H21NO3. The molecule has 16 heavy (non-hydrogen) atoms. The highest BCUT2D eigenvalue weighted by Crippen LogP contribution is 2.34. The minimum atomic E-state index is -0.119. The van der Waals surface area contributed by atoms with E-state index in [1.54, 1.807) is 0 Å². The van der Waals surface area contributed by atoms with Gasteiger partial charge in [0.05, 0.1) is 25.2 Å². The van der Waals surface area contributed by atoms with Crippen LogP contribution in [0.3, 0.4) is 0 Å². The van der Waals surface area contributed by atoms with Crippen LogP contribution in [0.2, 0.25) is 0 Å². The molecule has 0 aromatic carbocycles. The van der Waals surface area contributed by atoms with Gasteiger partial charge < -0.3 is 14.8 Å². The van der Waals surface area contributed by atoms with E-state index in [4.69, 9.17) is 9.47 Å². The molecule has 2 rings (SSSR count). The van der Waals surface area contributed by atoms with Crippen LogP contribution in [0.15, 0.2) is 0 Å². The van der Waals surface area contributed by atoms with Gasteiger partial charge in [-0.2, -0.15) is 0 Å². The van der Waals surface area contributed by atoms with Gasteiger partial charge in [0.15, 0.2) is 0 Å². The summed E-state index contributed by atoms with van der Waals surface area (Å²) in [6, 6.07) is 0.607. The zero-order chi connectivity index (χ0) is 11.5. The fourth-order valence-corrected chi connectivity index (χ4v) is 2.71. The van der Waals surface area contributed by atoms with Crippen molar-refractivity contribution < 1.29 is 14.3 Å². The van der Waals surface area contributed by atoms with E-state index in [0.717, 1.165) is 12.8 Å². The maximum absolute atomic E-state index is 11.3. The number of ether oxygens (including phenoxy) is 2. The predicted molar refractivity (Wildman–Crippen MR) is 60.1 cm³/mol. The fraction of sp³-hybridized carbons (Fsp3) is 0.917. The largest absolute Gasteiger partial charge is 0.466 e. The van der Waals surface area contributed by atoms with Crippen LogP contribution < -0.4 is 5.32 Å². The molecule has 0 amide bonds. The third kappa shape index (κ3) is 2.74. The molecule has 4 nitrogen and oxygen atoms in total. The lowest BCUT2D eigenvalue weighted by molar-refractivity contribution is -0.143. The van der Waals surface area contributed by atoms with Gasteiger partial charge >= 0.3 is 5.97 Å². The Morgan fingerprint density at radius 1 is 1.56 bits per heavy atom. The lowest BCUT2D eigenvalue weighted by Gasteiger charge is -2.24. The fourth-order valence-electron chi connectivity index (χ4n) is 2.71. The number of hydrogen-bond donors (Lipinski definition) is 1. The normalized spacial score (nSPS) is 34.0. The highest BCUT2D eigenvalue weighted by molar-refractivity contribution is 5.70. The number of fused-ring (bicyclic) bond motifs is 2. The molecule has 1 N–H and O–H groups in total. The highest BCUT2D eigenvalue weighted by Gasteiger charge is 2.40. The molecular weight excluding hydrogens is 206 g/mol. The summed E-state index contributed by atoms with van der Waals surface area (Å²) < 4.78 is 10.7. The number of carbonyl (C=O) groups is 1. The van der Waals surface area contributed by atoms with Crippen LogP contribution in [0, 0.1) is 0 Å². The lowest BCUT2D eigenvalue weighted by atomic mass is 9.95. The average molecular weight is 227 g/mol. The Morgan fingerprint density at radius 2 is 2.38 bits per heavy atom. The second-order valence-corrected chi connectivity index (χ2v) is 4.79. The van der Waals surface area contributed by atoms with Gasteiger partial charge in [-0.3, -0.25) is 4.79 Å². The van der Waals surface area contributed by atoms with Crippen molar-refractivity contribution in [3.8, 4) is 0 Å². The Morgan fingerprint density at radius 3 is 2.94 bits per heavy atom. The summed E-state index contributed by atoms with van der Waals surface area (Å²) in [6.45, 7) is 4.32. The van der Waals surface area contributed by atoms with Crippen molar-refractivity contribution >= 4 is 5.97 Å². The quantitative estimate of drug-likeness (QED) is 0.718. The SMILES string of the molecule is CCOC(=O)CC(C)NC1CC2CCC1O2. The summed E-state index contributed by atoms with van der Waals surface area (Å²) in [5.41, 5.74) is 0. The first kappa shape index (κ1) is 11.9. The van der Waals surface area contributed by atoms with E-state index in [0.29, 0.717) is 31.3 Å². The van der Waals surface area contributed by atoms with E-state index in [1.165, 1.54) is 6.42 Å². The van der Waals surface area contributed by atoms with E-state index in [-0.39, 0.29) is 12.0 Å². The van der Waals surface area contributed by atoms with E-state index in [9.17, 15) is 4.79 Å². The van der Waals surface area contributed by atoms with Gasteiger partial charge in [0.2, 0.25) is 0 Å². The first-order chi connectivity index (χ1) is 7.69. The minimum absolute atomic E-state index is 0.119. The van der Waals surface area contributed by atoms with Gasteiger partial charge in [-0.1, -0.05) is 0 Å². The molecule has 2 saturated heterocycles. The van der Waals surface area contributed by atoms with Crippen molar-refractivity contribution in [3.05, 3.63) is 0 Å². The highest BCUT2D eigenvalue weighted by atomic mass is 16.5. The van der Waals surface area contributed by atoms with Gasteiger partial charge in [-0.25, -0.2) is 0 Å². The Balaban J connectivity index is 1.71. The first-order valence-electron chi connectivity index (χ1n) is 6.26. The van der Waals surface area contributed by atoms with Crippen LogP contribution in [-0.4, -0.2) is 36.9 Å². The molecule has 92 valence electrons. The summed E-state index contributed by atoms with van der Waals surface area (Å²) in [7, 11) is 0. The Kier molecular flexibility index (Phi) is 3.82. The molecule has 2 fully saturated rings. The zero-order valence-electron chi connectivity index (χ0n) is 10.1. The molecule has 2 bridgehead atoms. The standard InChI is InChI=1S/C12H21NO3/c1-3-15-12(14)6-8(2)13-10-7-9-4-5-11(10)16-9/h8-11,13H,3-7H2,1-2H3. The molecule has 0 radical (unpaired) electrons. The van der Waals surface area contributed by atoms with Gasteiger partial charge in [-0.15, -0.1) is 0 Å². The summed E-state index contributed by atoms with van der Waals surface area (Å²) in [6.07, 6.45) is 4.73. The monoisotopic (exact) mass is 227 g/mol. The minimum Gasteiger partial charge on any atom is -0.466 e. The smallest absolute Gasteiger partial charge is 0.307 e. The summed E-state index contributed by atoms with van der Waals surface area (Å²) >= 11 is 0. The van der Waals surface area contributed by atoms with E-state index < -0.39 is 0 Å². The molecule has 0 saturated carbocycles. The molecule has 4 unspecified atom stereocenters. The van der Waals surface area contributed by atoms with Crippen molar-refractivity contribution in [2.45, 2.75) is 63.8 Å². The molecule has 0 aliphatic carbocycles. The molecule has 4 atom stereocenters. The number of nitrogens with one attached hydrogen (secondary N) is 1. The topological polar surface area (TPSA) is 47.6 Å². The molecule has 0 aromatic rings. The van der Waals surface area contributed by atoms with Crippen LogP contribution in [0.25, 0.3) is 0 Å². The summed E-state index contributed by atoms with van der Waals surface area (Å²) in [5.74, 6) is -0.119. The average Bonchev–Trinajstić information content (AvgIpc) is 2.78. The zero-order valence-corrected chi connectivity index (χ0v) is 10.1. The Hall–Kier alpha value is -0.610. The third-order valence-corrected chi connectivity index (χ3v) is 3.38. The van der Waals surface area contributed by atoms with Crippen LogP contribution in [-0.2, 0) is 14.3 Å². The lowest BCUT2D eigenvalue weighted by Crippen LogP contribution is -2.43. The van der Waals surface area contributed by atoms with E-state index in [2.05, 4.69) is 5.32 Å². The molecule has 2 aliphatic rings. The van der Waals surface area contributed by atoms with Crippen molar-refractivity contribution in [2.24, 2.45) is 0 Å². The van der Waals surface area contributed by atoms with Crippen molar-refractivity contribution in [3.63, 3.8) is 0 Å². The number of hydrogen-bond acceptors (Lipinski definition) is 4. The van der Waals surface area contributed by atoms with Gasteiger partial charge in [0.25, 0.3) is 0 Å². The van der Waals surface area contributed by atoms with Gasteiger partial charge in [-0.05, 0) is 33.1 Å². The Labute approximate surface area is 96.7 Å². The van der Waals surface area contributed by atoms with Crippen LogP contribution in [0.1, 0.15) is 39.5 Å². The van der Waals surface area contributed by atoms with Crippen molar-refractivity contribution in [1.82, 2.24) is 5.32 Å². The Bertz CT molecular complexity index is 257. The summed E-state index contributed by atoms with van der Waals surface area (Å²) in [5, 5.41) is 3.47. The van der Waals surface area contributed by atoms with Crippen LogP contribution >= 0.6 is 0 Å².